The quantitative estimate of drug-likeness (QED) is 0.367. The fraction of sp³-hybridized carbons (Fsp3) is 0.261. The minimum absolute atomic E-state index is 0.291. The molecule has 0 fully saturated rings. The number of hydrogen-bond donors (Lipinski definition) is 2. The van der Waals surface area contributed by atoms with Crippen LogP contribution in [0, 0.1) is 11.6 Å². The van der Waals surface area contributed by atoms with Gasteiger partial charge in [-0.1, -0.05) is 6.07 Å². The summed E-state index contributed by atoms with van der Waals surface area (Å²) in [5.74, 6) is -1.38. The number of halogens is 2. The van der Waals surface area contributed by atoms with Crippen LogP contribution in [0.1, 0.15) is 11.6 Å². The third-order valence-corrected chi connectivity index (χ3v) is 6.24. The maximum Gasteiger partial charge on any atom is 0.254 e. The number of nitrogens with one attached hydrogen (secondary N) is 2. The number of likely N-dealkylation sites (N-methyl/N-ethyl adjacent to an activating group) is 2. The van der Waals surface area contributed by atoms with Crippen molar-refractivity contribution in [3.05, 3.63) is 65.9 Å². The van der Waals surface area contributed by atoms with Gasteiger partial charge in [-0.15, -0.1) is 0 Å². The second kappa shape index (κ2) is 10.3. The molecule has 1 aromatic heterocycles. The van der Waals surface area contributed by atoms with Crippen LogP contribution in [0.5, 0.6) is 0 Å². The second-order valence-electron chi connectivity index (χ2n) is 7.59. The molecule has 0 spiro atoms. The highest BCUT2D eigenvalue weighted by atomic mass is 32.2. The van der Waals surface area contributed by atoms with Crippen molar-refractivity contribution in [2.75, 3.05) is 49.5 Å². The maximum absolute atomic E-state index is 14.5. The topological polar surface area (TPSA) is 82.6 Å². The van der Waals surface area contributed by atoms with Gasteiger partial charge in [0.15, 0.2) is 5.82 Å². The predicted molar refractivity (Wildman–Crippen MR) is 128 cm³/mol. The van der Waals surface area contributed by atoms with Crippen molar-refractivity contribution >= 4 is 41.0 Å². The van der Waals surface area contributed by atoms with E-state index in [0.29, 0.717) is 24.1 Å². The summed E-state index contributed by atoms with van der Waals surface area (Å²) in [6.07, 6.45) is 1.51. The molecule has 34 heavy (non-hydrogen) atoms. The van der Waals surface area contributed by atoms with E-state index in [0.717, 1.165) is 29.3 Å². The summed E-state index contributed by atoms with van der Waals surface area (Å²) in [6, 6.07) is 10.0. The molecule has 11 heteroatoms. The Morgan fingerprint density at radius 3 is 2.50 bits per heavy atom. The van der Waals surface area contributed by atoms with Gasteiger partial charge in [-0.2, -0.15) is 4.98 Å². The van der Waals surface area contributed by atoms with E-state index < -0.39 is 23.6 Å². The Labute approximate surface area is 200 Å². The zero-order valence-electron chi connectivity index (χ0n) is 18.9. The van der Waals surface area contributed by atoms with Gasteiger partial charge in [0.25, 0.3) is 5.91 Å². The van der Waals surface area contributed by atoms with Crippen molar-refractivity contribution in [2.45, 2.75) is 10.9 Å². The highest BCUT2D eigenvalue weighted by Gasteiger charge is 2.40. The molecule has 1 atom stereocenters. The molecule has 1 amide bonds. The van der Waals surface area contributed by atoms with Crippen molar-refractivity contribution in [2.24, 2.45) is 0 Å². The largest absolute Gasteiger partial charge is 0.383 e. The molecule has 0 saturated carbocycles. The first kappa shape index (κ1) is 23.9. The van der Waals surface area contributed by atoms with Crippen molar-refractivity contribution in [3.8, 4) is 0 Å². The van der Waals surface area contributed by atoms with Crippen LogP contribution in [0.4, 0.5) is 31.9 Å². The lowest BCUT2D eigenvalue weighted by molar-refractivity contribution is -0.120. The average Bonchev–Trinajstić information content (AvgIpc) is 2.83. The van der Waals surface area contributed by atoms with E-state index in [9.17, 15) is 13.6 Å². The van der Waals surface area contributed by atoms with Gasteiger partial charge < -0.3 is 19.9 Å². The van der Waals surface area contributed by atoms with Crippen LogP contribution >= 0.6 is 11.9 Å². The number of benzene rings is 2. The van der Waals surface area contributed by atoms with Gasteiger partial charge in [-0.3, -0.25) is 9.52 Å². The summed E-state index contributed by atoms with van der Waals surface area (Å²) < 4.78 is 37.2. The zero-order chi connectivity index (χ0) is 24.2. The van der Waals surface area contributed by atoms with Crippen LogP contribution in [0.25, 0.3) is 0 Å². The lowest BCUT2D eigenvalue weighted by atomic mass is 10.0. The molecule has 2 aromatic carbocycles. The Hall–Kier alpha value is -3.28. The number of methoxy groups -OCH3 is 1. The van der Waals surface area contributed by atoms with Crippen LogP contribution in [-0.2, 0) is 9.53 Å². The van der Waals surface area contributed by atoms with Gasteiger partial charge in [0.05, 0.1) is 18.4 Å². The van der Waals surface area contributed by atoms with Gasteiger partial charge in [-0.25, -0.2) is 13.8 Å². The first-order chi connectivity index (χ1) is 16.4. The molecule has 0 bridgehead atoms. The van der Waals surface area contributed by atoms with Crippen molar-refractivity contribution < 1.29 is 18.3 Å². The summed E-state index contributed by atoms with van der Waals surface area (Å²) in [6.45, 7) is 1.36. The maximum atomic E-state index is 14.5. The third kappa shape index (κ3) is 4.81. The normalized spacial score (nSPS) is 15.4. The molecular formula is C23H24F2N6O2S. The number of amides is 1. The summed E-state index contributed by atoms with van der Waals surface area (Å²) in [7, 11) is 4.77. The fourth-order valence-electron chi connectivity index (χ4n) is 3.62. The molecule has 0 saturated heterocycles. The Morgan fingerprint density at radius 1 is 1.12 bits per heavy atom. The number of hydrogen-bond acceptors (Lipinski definition) is 8. The minimum atomic E-state index is -1.19. The summed E-state index contributed by atoms with van der Waals surface area (Å²) >= 11 is 1.50. The van der Waals surface area contributed by atoms with E-state index in [-0.39, 0.29) is 5.56 Å². The average molecular weight is 487 g/mol. The van der Waals surface area contributed by atoms with E-state index in [1.54, 1.807) is 14.2 Å². The lowest BCUT2D eigenvalue weighted by Gasteiger charge is -2.38. The molecule has 178 valence electrons. The second-order valence-corrected chi connectivity index (χ2v) is 8.55. The first-order valence-corrected chi connectivity index (χ1v) is 11.3. The van der Waals surface area contributed by atoms with Gasteiger partial charge in [0, 0.05) is 38.3 Å². The molecule has 0 radical (unpaired) electrons. The molecule has 4 rings (SSSR count). The first-order valence-electron chi connectivity index (χ1n) is 10.5. The smallest absolute Gasteiger partial charge is 0.254 e. The predicted octanol–water partition coefficient (Wildman–Crippen LogP) is 3.90. The van der Waals surface area contributed by atoms with Crippen molar-refractivity contribution in [1.82, 2.24) is 14.7 Å². The Kier molecular flexibility index (Phi) is 7.25. The standard InChI is InChI=1S/C23H24F2N6O2S/c1-30-18-13-26-23(28-14-7-9-15(10-8-14)34-27-11-12-33-3)29-21(18)31(2)20(22(30)32)19-16(24)5-4-6-17(19)25/h4-10,13,20,27H,11-12H2,1-3H3,(H,26,28,29). The molecule has 3 aromatic rings. The van der Waals surface area contributed by atoms with Crippen LogP contribution < -0.4 is 19.8 Å². The van der Waals surface area contributed by atoms with Crippen LogP contribution in [0.15, 0.2) is 53.6 Å². The number of rotatable bonds is 8. The molecule has 1 aliphatic rings. The highest BCUT2D eigenvalue weighted by Crippen LogP contribution is 2.40. The molecule has 8 nitrogen and oxygen atoms in total. The molecule has 0 aliphatic carbocycles. The third-order valence-electron chi connectivity index (χ3n) is 5.38. The van der Waals surface area contributed by atoms with Gasteiger partial charge >= 0.3 is 0 Å². The number of anilines is 4. The number of carbonyl (C=O) groups excluding carboxylic acids is 1. The number of ether oxygens (including phenoxy) is 1. The van der Waals surface area contributed by atoms with Crippen molar-refractivity contribution in [3.63, 3.8) is 0 Å². The van der Waals surface area contributed by atoms with Crippen molar-refractivity contribution in [1.29, 1.82) is 0 Å². The van der Waals surface area contributed by atoms with Gasteiger partial charge in [0.1, 0.15) is 23.4 Å². The van der Waals surface area contributed by atoms with Crippen LogP contribution in [0.2, 0.25) is 0 Å². The van der Waals surface area contributed by atoms with Gasteiger partial charge in [0.2, 0.25) is 5.95 Å². The van der Waals surface area contributed by atoms with Crippen LogP contribution in [0.3, 0.4) is 0 Å². The monoisotopic (exact) mass is 486 g/mol. The minimum Gasteiger partial charge on any atom is -0.383 e. The SMILES string of the molecule is COCCNSc1ccc(Nc2ncc3c(n2)N(C)C(c2c(F)cccc2F)C(=O)N3C)cc1. The zero-order valence-corrected chi connectivity index (χ0v) is 19.7. The van der Waals surface area contributed by atoms with E-state index in [1.165, 1.54) is 41.1 Å². The lowest BCUT2D eigenvalue weighted by Crippen LogP contribution is -2.46. The molecule has 2 heterocycles. The fourth-order valence-corrected chi connectivity index (χ4v) is 4.24. The number of fused-ring (bicyclic) bond motifs is 1. The number of nitrogens with zero attached hydrogens (tertiary/aromatic N) is 4. The van der Waals surface area contributed by atoms with E-state index in [4.69, 9.17) is 4.74 Å². The molecule has 1 aliphatic heterocycles. The molecule has 1 unspecified atom stereocenters. The Morgan fingerprint density at radius 2 is 1.82 bits per heavy atom. The number of carbonyl (C=O) groups is 1. The Bertz CT molecular complexity index is 1160. The summed E-state index contributed by atoms with van der Waals surface area (Å²) in [5.41, 5.74) is 0.897. The highest BCUT2D eigenvalue weighted by molar-refractivity contribution is 7.97. The molecule has 2 N–H and O–H groups in total. The molecular weight excluding hydrogens is 462 g/mol. The van der Waals surface area contributed by atoms with Crippen LogP contribution in [-0.4, -0.2) is 50.2 Å². The summed E-state index contributed by atoms with van der Waals surface area (Å²) in [4.78, 5) is 25.7. The summed E-state index contributed by atoms with van der Waals surface area (Å²) in [5, 5.41) is 3.13. The van der Waals surface area contributed by atoms with E-state index in [2.05, 4.69) is 20.0 Å². The van der Waals surface area contributed by atoms with E-state index in [1.807, 2.05) is 24.3 Å². The van der Waals surface area contributed by atoms with Gasteiger partial charge in [-0.05, 0) is 48.3 Å². The van der Waals surface area contributed by atoms with E-state index >= 15 is 0 Å². The number of aromatic nitrogens is 2. The Balaban J connectivity index is 1.56.